The minimum Gasteiger partial charge on any atom is -0.376 e. The lowest BCUT2D eigenvalue weighted by atomic mass is 9.74. The van der Waals surface area contributed by atoms with E-state index in [0.717, 1.165) is 31.0 Å². The maximum atomic E-state index is 15.1. The molecule has 0 radical (unpaired) electrons. The van der Waals surface area contributed by atoms with Crippen molar-refractivity contribution in [1.29, 1.82) is 0 Å². The number of sulfonamides is 1. The molecule has 2 bridgehead atoms. The zero-order valence-corrected chi connectivity index (χ0v) is 25.7. The summed E-state index contributed by atoms with van der Waals surface area (Å²) in [7, 11) is -3.37. The Balaban J connectivity index is 1.34. The Hall–Kier alpha value is -2.15. The molecule has 0 spiro atoms. The van der Waals surface area contributed by atoms with E-state index in [0.29, 0.717) is 31.0 Å². The molecule has 1 aromatic carbocycles. The van der Waals surface area contributed by atoms with Gasteiger partial charge in [0.1, 0.15) is 5.82 Å². The fourth-order valence-electron chi connectivity index (χ4n) is 6.97. The Kier molecular flexibility index (Phi) is 9.86. The SMILES string of the molecule is CC1CC(C(c2ccc(Cl)cc2)C(N)C(=O)Nc2cncc(F)c2CCC2CNC3CCCS(=O)(=O)N2C3)CC(C)O1. The number of carbonyl (C=O) groups is 1. The first-order valence-corrected chi connectivity index (χ1v) is 16.8. The number of pyridine rings is 1. The molecule has 1 aromatic heterocycles. The van der Waals surface area contributed by atoms with E-state index in [1.54, 1.807) is 16.4 Å². The van der Waals surface area contributed by atoms with Gasteiger partial charge in [-0.15, -0.1) is 0 Å². The van der Waals surface area contributed by atoms with Gasteiger partial charge in [-0.3, -0.25) is 9.78 Å². The molecule has 0 aliphatic carbocycles. The quantitative estimate of drug-likeness (QED) is 0.409. The standard InChI is InChI=1S/C30H41ClFN5O4S/c1-18-12-21(13-19(2)41-18)28(20-5-7-22(31)8-6-20)29(33)30(38)36-27-16-34-15-26(32)25(27)10-9-24-14-35-23-4-3-11-42(39,40)37(24)17-23/h5-8,15-16,18-19,21,23-24,28-29,35H,3-4,9-14,17,33H2,1-2H3,(H,36,38). The smallest absolute Gasteiger partial charge is 0.241 e. The number of hydrogen-bond acceptors (Lipinski definition) is 7. The first-order valence-electron chi connectivity index (χ1n) is 14.8. The number of nitrogens with zero attached hydrogens (tertiary/aromatic N) is 2. The van der Waals surface area contributed by atoms with Gasteiger partial charge in [0, 0.05) is 41.7 Å². The number of aromatic nitrogens is 1. The van der Waals surface area contributed by atoms with Gasteiger partial charge in [0.25, 0.3) is 0 Å². The van der Waals surface area contributed by atoms with Crippen molar-refractivity contribution in [3.05, 3.63) is 58.6 Å². The second-order valence-corrected chi connectivity index (χ2v) is 14.5. The number of hydrogen-bond donors (Lipinski definition) is 3. The lowest BCUT2D eigenvalue weighted by molar-refractivity contribution is -0.119. The number of nitrogens with two attached hydrogens (primary N) is 1. The minimum atomic E-state index is -3.37. The van der Waals surface area contributed by atoms with E-state index in [1.165, 1.54) is 6.20 Å². The number of carbonyl (C=O) groups excluding carboxylic acids is 1. The highest BCUT2D eigenvalue weighted by Crippen LogP contribution is 2.39. The maximum absolute atomic E-state index is 15.1. The van der Waals surface area contributed by atoms with E-state index in [1.807, 2.05) is 26.0 Å². The minimum absolute atomic E-state index is 0.0282. The zero-order valence-electron chi connectivity index (χ0n) is 24.1. The summed E-state index contributed by atoms with van der Waals surface area (Å²) < 4.78 is 48.5. The Bertz CT molecular complexity index is 1350. The lowest BCUT2D eigenvalue weighted by Crippen LogP contribution is -2.57. The van der Waals surface area contributed by atoms with Crippen LogP contribution in [0.4, 0.5) is 10.1 Å². The topological polar surface area (TPSA) is 127 Å². The number of ether oxygens (including phenoxy) is 1. The van der Waals surface area contributed by atoms with Crippen molar-refractivity contribution in [3.63, 3.8) is 0 Å². The van der Waals surface area contributed by atoms with Gasteiger partial charge in [0.05, 0.1) is 42.1 Å². The molecule has 4 heterocycles. The first-order chi connectivity index (χ1) is 20.0. The molecule has 3 fully saturated rings. The van der Waals surface area contributed by atoms with E-state index in [-0.39, 0.29) is 59.6 Å². The highest BCUT2D eigenvalue weighted by Gasteiger charge is 2.39. The maximum Gasteiger partial charge on any atom is 0.241 e. The molecule has 4 N–H and O–H groups in total. The summed E-state index contributed by atoms with van der Waals surface area (Å²) in [6.45, 7) is 4.99. The van der Waals surface area contributed by atoms with Crippen molar-refractivity contribution < 1.29 is 22.3 Å². The third kappa shape index (κ3) is 7.14. The Labute approximate surface area is 252 Å². The second-order valence-electron chi connectivity index (χ2n) is 12.1. The van der Waals surface area contributed by atoms with Crippen LogP contribution in [0.25, 0.3) is 0 Å². The van der Waals surface area contributed by atoms with Crippen molar-refractivity contribution in [2.75, 3.05) is 24.2 Å². The molecular weight excluding hydrogens is 581 g/mol. The number of amides is 1. The van der Waals surface area contributed by atoms with Crippen LogP contribution in [0, 0.1) is 11.7 Å². The van der Waals surface area contributed by atoms with Crippen LogP contribution >= 0.6 is 11.6 Å². The third-order valence-corrected chi connectivity index (χ3v) is 11.2. The van der Waals surface area contributed by atoms with Gasteiger partial charge in [0.15, 0.2) is 0 Å². The van der Waals surface area contributed by atoms with E-state index >= 15 is 4.39 Å². The monoisotopic (exact) mass is 621 g/mol. The Morgan fingerprint density at radius 1 is 1.24 bits per heavy atom. The highest BCUT2D eigenvalue weighted by atomic mass is 35.5. The first kappa shape index (κ1) is 31.3. The van der Waals surface area contributed by atoms with Gasteiger partial charge in [0.2, 0.25) is 15.9 Å². The molecule has 9 nitrogen and oxygen atoms in total. The van der Waals surface area contributed by atoms with Crippen LogP contribution in [0.3, 0.4) is 0 Å². The van der Waals surface area contributed by atoms with Gasteiger partial charge in [-0.1, -0.05) is 23.7 Å². The fourth-order valence-corrected chi connectivity index (χ4v) is 8.90. The molecule has 5 rings (SSSR count). The molecule has 3 aliphatic rings. The van der Waals surface area contributed by atoms with Crippen LogP contribution in [0.1, 0.15) is 63.0 Å². The van der Waals surface area contributed by atoms with Gasteiger partial charge in [-0.25, -0.2) is 12.8 Å². The molecule has 12 heteroatoms. The Morgan fingerprint density at radius 3 is 2.67 bits per heavy atom. The lowest BCUT2D eigenvalue weighted by Gasteiger charge is -2.39. The summed E-state index contributed by atoms with van der Waals surface area (Å²) in [5, 5.41) is 6.90. The van der Waals surface area contributed by atoms with Crippen molar-refractivity contribution in [2.24, 2.45) is 11.7 Å². The third-order valence-electron chi connectivity index (χ3n) is 8.94. The van der Waals surface area contributed by atoms with Crippen LogP contribution in [0.15, 0.2) is 36.7 Å². The van der Waals surface area contributed by atoms with E-state index < -0.39 is 27.8 Å². The summed E-state index contributed by atoms with van der Waals surface area (Å²) in [6.07, 6.45) is 6.18. The molecule has 1 amide bonds. The van der Waals surface area contributed by atoms with Crippen LogP contribution in [-0.4, -0.2) is 72.8 Å². The molecule has 7 unspecified atom stereocenters. The molecule has 3 aliphatic heterocycles. The van der Waals surface area contributed by atoms with E-state index in [4.69, 9.17) is 22.1 Å². The van der Waals surface area contributed by atoms with Gasteiger partial charge in [-0.05, 0) is 76.0 Å². The number of piperazine rings is 1. The average molecular weight is 622 g/mol. The van der Waals surface area contributed by atoms with Gasteiger partial charge in [-0.2, -0.15) is 4.31 Å². The normalized spacial score (nSPS) is 30.6. The predicted octanol–water partition coefficient (Wildman–Crippen LogP) is 3.83. The summed E-state index contributed by atoms with van der Waals surface area (Å²) >= 11 is 6.15. The molecule has 3 saturated heterocycles. The fraction of sp³-hybridized carbons (Fsp3) is 0.600. The van der Waals surface area contributed by atoms with Crippen LogP contribution in [0.5, 0.6) is 0 Å². The molecule has 42 heavy (non-hydrogen) atoms. The van der Waals surface area contributed by atoms with E-state index in [9.17, 15) is 13.2 Å². The Morgan fingerprint density at radius 2 is 1.95 bits per heavy atom. The molecule has 2 aromatic rings. The van der Waals surface area contributed by atoms with Gasteiger partial charge < -0.3 is 21.1 Å². The van der Waals surface area contributed by atoms with Crippen molar-refractivity contribution in [2.45, 2.75) is 88.6 Å². The highest BCUT2D eigenvalue weighted by molar-refractivity contribution is 7.89. The van der Waals surface area contributed by atoms with Crippen LogP contribution in [0.2, 0.25) is 5.02 Å². The molecule has 7 atom stereocenters. The summed E-state index contributed by atoms with van der Waals surface area (Å²) in [6, 6.07) is 6.31. The summed E-state index contributed by atoms with van der Waals surface area (Å²) in [5.41, 5.74) is 8.15. The van der Waals surface area contributed by atoms with Crippen molar-refractivity contribution in [1.82, 2.24) is 14.6 Å². The molecular formula is C30H41ClFN5O4S. The van der Waals surface area contributed by atoms with Crippen molar-refractivity contribution in [3.8, 4) is 0 Å². The number of rotatable bonds is 8. The van der Waals surface area contributed by atoms with Crippen LogP contribution < -0.4 is 16.4 Å². The summed E-state index contributed by atoms with van der Waals surface area (Å²) in [4.78, 5) is 17.7. The van der Waals surface area contributed by atoms with Crippen molar-refractivity contribution >= 4 is 33.2 Å². The second kappa shape index (κ2) is 13.2. The largest absolute Gasteiger partial charge is 0.376 e. The number of nitrogens with one attached hydrogen (secondary N) is 2. The molecule has 230 valence electrons. The van der Waals surface area contributed by atoms with E-state index in [2.05, 4.69) is 15.6 Å². The number of fused-ring (bicyclic) bond motifs is 2. The zero-order chi connectivity index (χ0) is 30.0. The number of halogens is 2. The summed E-state index contributed by atoms with van der Waals surface area (Å²) in [5.74, 6) is -1.08. The average Bonchev–Trinajstić information content (AvgIpc) is 3.05. The molecule has 0 saturated carbocycles. The number of benzene rings is 1. The van der Waals surface area contributed by atoms with Gasteiger partial charge >= 0.3 is 0 Å². The number of anilines is 1. The van der Waals surface area contributed by atoms with Crippen LogP contribution in [-0.2, 0) is 26.0 Å². The predicted molar refractivity (Wildman–Crippen MR) is 161 cm³/mol.